The van der Waals surface area contributed by atoms with Crippen molar-refractivity contribution in [2.45, 2.75) is 26.6 Å². The first-order valence-corrected chi connectivity index (χ1v) is 8.12. The van der Waals surface area contributed by atoms with Crippen LogP contribution in [0.2, 0.25) is 0 Å². The Bertz CT molecular complexity index is 864. The highest BCUT2D eigenvalue weighted by atomic mass is 127. The standard InChI is InChI=1S/C17H14F3IN2/c1-10-7-14-15(8-11(10)2)23(16(22-14)17(18,19)20)9-12-3-5-13(21)6-4-12/h3-8H,9H2,1-2H3. The van der Waals surface area contributed by atoms with Crippen molar-refractivity contribution in [3.05, 3.63) is 62.5 Å². The van der Waals surface area contributed by atoms with E-state index in [9.17, 15) is 13.2 Å². The summed E-state index contributed by atoms with van der Waals surface area (Å²) in [6.45, 7) is 3.91. The first-order valence-electron chi connectivity index (χ1n) is 7.05. The van der Waals surface area contributed by atoms with E-state index >= 15 is 0 Å². The molecule has 0 aliphatic heterocycles. The summed E-state index contributed by atoms with van der Waals surface area (Å²) >= 11 is 2.17. The van der Waals surface area contributed by atoms with Crippen LogP contribution in [-0.2, 0) is 12.7 Å². The zero-order valence-electron chi connectivity index (χ0n) is 12.6. The molecule has 120 valence electrons. The molecule has 1 aromatic heterocycles. The highest BCUT2D eigenvalue weighted by molar-refractivity contribution is 14.1. The van der Waals surface area contributed by atoms with Gasteiger partial charge in [-0.3, -0.25) is 0 Å². The molecule has 0 atom stereocenters. The van der Waals surface area contributed by atoms with Crippen LogP contribution in [0, 0.1) is 17.4 Å². The van der Waals surface area contributed by atoms with Crippen LogP contribution in [0.3, 0.4) is 0 Å². The Hall–Kier alpha value is -1.57. The van der Waals surface area contributed by atoms with Crippen molar-refractivity contribution in [3.8, 4) is 0 Å². The Labute approximate surface area is 145 Å². The summed E-state index contributed by atoms with van der Waals surface area (Å²) in [7, 11) is 0. The maximum absolute atomic E-state index is 13.4. The minimum atomic E-state index is -4.48. The number of halogens is 4. The van der Waals surface area contributed by atoms with E-state index in [1.165, 1.54) is 4.57 Å². The summed E-state index contributed by atoms with van der Waals surface area (Å²) in [5.74, 6) is -0.851. The van der Waals surface area contributed by atoms with E-state index < -0.39 is 12.0 Å². The second-order valence-electron chi connectivity index (χ2n) is 5.57. The van der Waals surface area contributed by atoms with E-state index in [-0.39, 0.29) is 6.54 Å². The summed E-state index contributed by atoms with van der Waals surface area (Å²) in [6, 6.07) is 10.9. The maximum atomic E-state index is 13.4. The van der Waals surface area contributed by atoms with Crippen LogP contribution in [-0.4, -0.2) is 9.55 Å². The zero-order chi connectivity index (χ0) is 16.8. The molecule has 0 N–H and O–H groups in total. The van der Waals surface area contributed by atoms with Crippen molar-refractivity contribution in [2.24, 2.45) is 0 Å². The van der Waals surface area contributed by atoms with Gasteiger partial charge in [-0.2, -0.15) is 13.2 Å². The molecule has 2 aromatic carbocycles. The SMILES string of the molecule is Cc1cc2nc(C(F)(F)F)n(Cc3ccc(I)cc3)c2cc1C. The van der Waals surface area contributed by atoms with Crippen molar-refractivity contribution in [1.29, 1.82) is 0 Å². The van der Waals surface area contributed by atoms with Gasteiger partial charge in [-0.15, -0.1) is 0 Å². The molecule has 0 aliphatic rings. The van der Waals surface area contributed by atoms with Gasteiger partial charge in [0.05, 0.1) is 11.0 Å². The number of aromatic nitrogens is 2. The lowest BCUT2D eigenvalue weighted by Gasteiger charge is -2.12. The highest BCUT2D eigenvalue weighted by Crippen LogP contribution is 2.33. The molecule has 0 aliphatic carbocycles. The second kappa shape index (κ2) is 5.81. The number of fused-ring (bicyclic) bond motifs is 1. The summed E-state index contributed by atoms with van der Waals surface area (Å²) in [4.78, 5) is 3.84. The molecule has 0 spiro atoms. The van der Waals surface area contributed by atoms with E-state index in [1.807, 2.05) is 38.1 Å². The highest BCUT2D eigenvalue weighted by Gasteiger charge is 2.37. The van der Waals surface area contributed by atoms with E-state index in [0.717, 1.165) is 20.3 Å². The van der Waals surface area contributed by atoms with Gasteiger partial charge in [0.25, 0.3) is 0 Å². The first-order chi connectivity index (χ1) is 10.8. The molecule has 0 radical (unpaired) electrons. The predicted octanol–water partition coefficient (Wildman–Crippen LogP) is 5.32. The Morgan fingerprint density at radius 2 is 1.65 bits per heavy atom. The fourth-order valence-electron chi connectivity index (χ4n) is 2.53. The molecule has 23 heavy (non-hydrogen) atoms. The minimum Gasteiger partial charge on any atom is -0.316 e. The van der Waals surface area contributed by atoms with Crippen molar-refractivity contribution in [2.75, 3.05) is 0 Å². The lowest BCUT2D eigenvalue weighted by molar-refractivity contribution is -0.146. The fourth-order valence-corrected chi connectivity index (χ4v) is 2.89. The van der Waals surface area contributed by atoms with E-state index in [1.54, 1.807) is 12.1 Å². The van der Waals surface area contributed by atoms with Crippen molar-refractivity contribution < 1.29 is 13.2 Å². The second-order valence-corrected chi connectivity index (χ2v) is 6.82. The molecule has 0 amide bonds. The van der Waals surface area contributed by atoms with Crippen LogP contribution < -0.4 is 0 Å². The molecule has 3 rings (SSSR count). The molecule has 0 fully saturated rings. The Kier molecular flexibility index (Phi) is 4.12. The number of hydrogen-bond acceptors (Lipinski definition) is 1. The Balaban J connectivity index is 2.19. The van der Waals surface area contributed by atoms with Gasteiger partial charge >= 0.3 is 6.18 Å². The average molecular weight is 430 g/mol. The molecule has 2 nitrogen and oxygen atoms in total. The lowest BCUT2D eigenvalue weighted by Crippen LogP contribution is -2.15. The van der Waals surface area contributed by atoms with E-state index in [4.69, 9.17) is 0 Å². The number of rotatable bonds is 2. The quantitative estimate of drug-likeness (QED) is 0.503. The van der Waals surface area contributed by atoms with Gasteiger partial charge in [-0.1, -0.05) is 12.1 Å². The van der Waals surface area contributed by atoms with E-state index in [2.05, 4.69) is 27.6 Å². The van der Waals surface area contributed by atoms with Crippen LogP contribution in [0.5, 0.6) is 0 Å². The van der Waals surface area contributed by atoms with Gasteiger partial charge in [-0.25, -0.2) is 4.98 Å². The zero-order valence-corrected chi connectivity index (χ0v) is 14.7. The third-order valence-electron chi connectivity index (χ3n) is 3.87. The van der Waals surface area contributed by atoms with Crippen molar-refractivity contribution in [1.82, 2.24) is 9.55 Å². The largest absolute Gasteiger partial charge is 0.449 e. The minimum absolute atomic E-state index is 0.144. The number of alkyl halides is 3. The summed E-state index contributed by atoms with van der Waals surface area (Å²) < 4.78 is 42.4. The van der Waals surface area contributed by atoms with E-state index in [0.29, 0.717) is 11.0 Å². The molecular weight excluding hydrogens is 416 g/mol. The molecular formula is C17H14F3IN2. The van der Waals surface area contributed by atoms with Crippen LogP contribution in [0.4, 0.5) is 13.2 Å². The van der Waals surface area contributed by atoms with Crippen molar-refractivity contribution >= 4 is 33.6 Å². The van der Waals surface area contributed by atoms with Crippen LogP contribution in [0.1, 0.15) is 22.5 Å². The van der Waals surface area contributed by atoms with Gasteiger partial charge in [0.15, 0.2) is 0 Å². The van der Waals surface area contributed by atoms with Crippen LogP contribution in [0.15, 0.2) is 36.4 Å². The van der Waals surface area contributed by atoms with Crippen LogP contribution in [0.25, 0.3) is 11.0 Å². The number of nitrogens with zero attached hydrogens (tertiary/aromatic N) is 2. The molecule has 0 saturated heterocycles. The smallest absolute Gasteiger partial charge is 0.316 e. The summed E-state index contributed by atoms with van der Waals surface area (Å²) in [5.41, 5.74) is 3.60. The van der Waals surface area contributed by atoms with Gasteiger partial charge in [0, 0.05) is 10.1 Å². The molecule has 6 heteroatoms. The Morgan fingerprint density at radius 3 is 2.26 bits per heavy atom. The Morgan fingerprint density at radius 1 is 1.04 bits per heavy atom. The van der Waals surface area contributed by atoms with Gasteiger partial charge < -0.3 is 4.57 Å². The first kappa shape index (κ1) is 16.3. The predicted molar refractivity (Wildman–Crippen MR) is 92.5 cm³/mol. The normalized spacial score (nSPS) is 12.1. The van der Waals surface area contributed by atoms with Gasteiger partial charge in [-0.05, 0) is 77.4 Å². The van der Waals surface area contributed by atoms with Crippen LogP contribution >= 0.6 is 22.6 Å². The molecule has 0 unspecified atom stereocenters. The number of hydrogen-bond donors (Lipinski definition) is 0. The molecule has 0 bridgehead atoms. The summed E-state index contributed by atoms with van der Waals surface area (Å²) in [5, 5.41) is 0. The summed E-state index contributed by atoms with van der Waals surface area (Å²) in [6.07, 6.45) is -4.48. The average Bonchev–Trinajstić information content (AvgIpc) is 2.80. The fraction of sp³-hybridized carbons (Fsp3) is 0.235. The van der Waals surface area contributed by atoms with Gasteiger partial charge in [0.1, 0.15) is 0 Å². The molecule has 0 saturated carbocycles. The number of imidazole rings is 1. The van der Waals surface area contributed by atoms with Crippen molar-refractivity contribution in [3.63, 3.8) is 0 Å². The lowest BCUT2D eigenvalue weighted by atomic mass is 10.1. The molecule has 1 heterocycles. The number of aryl methyl sites for hydroxylation is 2. The third kappa shape index (κ3) is 3.22. The van der Waals surface area contributed by atoms with Gasteiger partial charge in [0.2, 0.25) is 5.82 Å². The topological polar surface area (TPSA) is 17.8 Å². The molecule has 3 aromatic rings. The maximum Gasteiger partial charge on any atom is 0.449 e. The monoisotopic (exact) mass is 430 g/mol. The third-order valence-corrected chi connectivity index (χ3v) is 4.59. The number of benzene rings is 2.